The van der Waals surface area contributed by atoms with Crippen LogP contribution in [0.3, 0.4) is 0 Å². The maximum absolute atomic E-state index is 12.3. The van der Waals surface area contributed by atoms with Crippen molar-refractivity contribution < 1.29 is 22.7 Å². The predicted octanol–water partition coefficient (Wildman–Crippen LogP) is 1.15. The van der Waals surface area contributed by atoms with Gasteiger partial charge in [-0.3, -0.25) is 4.79 Å². The predicted molar refractivity (Wildman–Crippen MR) is 96.1 cm³/mol. The quantitative estimate of drug-likeness (QED) is 0.618. The number of rotatable bonds is 9. The summed E-state index contributed by atoms with van der Waals surface area (Å²) in [4.78, 5) is 24.2. The Labute approximate surface area is 151 Å². The van der Waals surface area contributed by atoms with Crippen LogP contribution < -0.4 is 10.0 Å². The summed E-state index contributed by atoms with van der Waals surface area (Å²) in [6.45, 7) is 0. The zero-order chi connectivity index (χ0) is 18.4. The Hall–Kier alpha value is -1.58. The van der Waals surface area contributed by atoms with E-state index in [0.29, 0.717) is 12.2 Å². The molecule has 1 aliphatic rings. The number of hydrogen-bond acceptors (Lipinski definition) is 6. The summed E-state index contributed by atoms with van der Waals surface area (Å²) < 4.78 is 31.5. The van der Waals surface area contributed by atoms with Crippen LogP contribution in [0.25, 0.3) is 0 Å². The number of sulfonamides is 1. The highest BCUT2D eigenvalue weighted by molar-refractivity contribution is 7.98. The van der Waals surface area contributed by atoms with Crippen LogP contribution in [0.2, 0.25) is 0 Å². The van der Waals surface area contributed by atoms with Crippen molar-refractivity contribution in [2.45, 2.75) is 36.2 Å². The van der Waals surface area contributed by atoms with Gasteiger partial charge in [0.05, 0.1) is 12.0 Å². The van der Waals surface area contributed by atoms with E-state index in [-0.39, 0.29) is 16.5 Å². The van der Waals surface area contributed by atoms with Crippen LogP contribution in [-0.2, 0) is 19.6 Å². The second-order valence-electron chi connectivity index (χ2n) is 5.75. The number of carbonyl (C=O) groups excluding carboxylic acids is 2. The standard InChI is InChI=1S/C16H22N2O5S2/c1-23-16(20)14(9-10-24-2)17-15(19)11-3-7-13(8-4-11)25(21,22)18-12-5-6-12/h3-4,7-8,12,14,18H,5-6,9-10H2,1-2H3,(H,17,19). The fraction of sp³-hybridized carbons (Fsp3) is 0.500. The Bertz CT molecular complexity index is 715. The highest BCUT2D eigenvalue weighted by Gasteiger charge is 2.28. The van der Waals surface area contributed by atoms with Crippen molar-refractivity contribution in [1.82, 2.24) is 10.0 Å². The van der Waals surface area contributed by atoms with E-state index in [1.54, 1.807) is 11.8 Å². The van der Waals surface area contributed by atoms with E-state index in [1.165, 1.54) is 31.4 Å². The summed E-state index contributed by atoms with van der Waals surface area (Å²) in [5, 5.41) is 2.63. The van der Waals surface area contributed by atoms with Crippen LogP contribution in [0, 0.1) is 0 Å². The molecule has 1 aromatic carbocycles. The topological polar surface area (TPSA) is 102 Å². The number of carbonyl (C=O) groups is 2. The Morgan fingerprint density at radius 3 is 2.44 bits per heavy atom. The molecule has 1 unspecified atom stereocenters. The molecule has 1 saturated carbocycles. The summed E-state index contributed by atoms with van der Waals surface area (Å²) in [5.74, 6) is -0.254. The first-order chi connectivity index (χ1) is 11.9. The van der Waals surface area contributed by atoms with Crippen LogP contribution in [0.15, 0.2) is 29.2 Å². The number of esters is 1. The number of hydrogen-bond donors (Lipinski definition) is 2. The smallest absolute Gasteiger partial charge is 0.328 e. The number of methoxy groups -OCH3 is 1. The van der Waals surface area contributed by atoms with E-state index in [1.807, 2.05) is 6.26 Å². The molecule has 2 N–H and O–H groups in total. The first kappa shape index (κ1) is 19.7. The van der Waals surface area contributed by atoms with E-state index in [4.69, 9.17) is 4.74 Å². The van der Waals surface area contributed by atoms with E-state index in [2.05, 4.69) is 10.0 Å². The lowest BCUT2D eigenvalue weighted by molar-refractivity contribution is -0.142. The van der Waals surface area contributed by atoms with Gasteiger partial charge in [-0.1, -0.05) is 0 Å². The van der Waals surface area contributed by atoms with Crippen molar-refractivity contribution in [3.63, 3.8) is 0 Å². The van der Waals surface area contributed by atoms with Gasteiger partial charge in [-0.2, -0.15) is 11.8 Å². The Morgan fingerprint density at radius 1 is 1.28 bits per heavy atom. The van der Waals surface area contributed by atoms with Gasteiger partial charge < -0.3 is 10.1 Å². The number of thioether (sulfide) groups is 1. The molecule has 2 rings (SSSR count). The molecule has 0 bridgehead atoms. The largest absolute Gasteiger partial charge is 0.467 e. The Kier molecular flexibility index (Phi) is 6.86. The fourth-order valence-corrected chi connectivity index (χ4v) is 3.92. The number of ether oxygens (including phenoxy) is 1. The van der Waals surface area contributed by atoms with E-state index in [0.717, 1.165) is 12.8 Å². The summed E-state index contributed by atoms with van der Waals surface area (Å²) in [5.41, 5.74) is 0.281. The van der Waals surface area contributed by atoms with Gasteiger partial charge in [-0.15, -0.1) is 0 Å². The molecule has 7 nitrogen and oxygen atoms in total. The second kappa shape index (κ2) is 8.68. The molecular formula is C16H22N2O5S2. The van der Waals surface area contributed by atoms with Gasteiger partial charge >= 0.3 is 5.97 Å². The minimum Gasteiger partial charge on any atom is -0.467 e. The second-order valence-corrected chi connectivity index (χ2v) is 8.45. The zero-order valence-electron chi connectivity index (χ0n) is 14.2. The van der Waals surface area contributed by atoms with E-state index >= 15 is 0 Å². The summed E-state index contributed by atoms with van der Waals surface area (Å²) >= 11 is 1.56. The molecule has 0 aliphatic heterocycles. The van der Waals surface area contributed by atoms with Crippen LogP contribution in [0.4, 0.5) is 0 Å². The van der Waals surface area contributed by atoms with Gasteiger partial charge in [-0.05, 0) is 55.5 Å². The van der Waals surface area contributed by atoms with Crippen LogP contribution in [0.1, 0.15) is 29.6 Å². The molecule has 0 heterocycles. The molecular weight excluding hydrogens is 364 g/mol. The first-order valence-corrected chi connectivity index (χ1v) is 10.7. The third kappa shape index (κ3) is 5.72. The van der Waals surface area contributed by atoms with Gasteiger partial charge in [0.2, 0.25) is 10.0 Å². The summed E-state index contributed by atoms with van der Waals surface area (Å²) in [6.07, 6.45) is 4.07. The molecule has 138 valence electrons. The molecule has 0 spiro atoms. The molecule has 0 saturated heterocycles. The average molecular weight is 386 g/mol. The SMILES string of the molecule is COC(=O)C(CCSC)NC(=O)c1ccc(S(=O)(=O)NC2CC2)cc1. The van der Waals surface area contributed by atoms with Crippen molar-refractivity contribution in [2.75, 3.05) is 19.1 Å². The third-order valence-electron chi connectivity index (χ3n) is 3.73. The lowest BCUT2D eigenvalue weighted by Gasteiger charge is -2.16. The van der Waals surface area contributed by atoms with Crippen molar-refractivity contribution in [3.8, 4) is 0 Å². The molecule has 1 atom stereocenters. The van der Waals surface area contributed by atoms with Gasteiger partial charge in [0.1, 0.15) is 6.04 Å². The molecule has 0 radical (unpaired) electrons. The highest BCUT2D eigenvalue weighted by Crippen LogP contribution is 2.22. The molecule has 1 aromatic rings. The van der Waals surface area contributed by atoms with Crippen molar-refractivity contribution in [1.29, 1.82) is 0 Å². The molecule has 1 amide bonds. The Morgan fingerprint density at radius 2 is 1.92 bits per heavy atom. The third-order valence-corrected chi connectivity index (χ3v) is 5.91. The first-order valence-electron chi connectivity index (χ1n) is 7.87. The minimum absolute atomic E-state index is 0.0187. The summed E-state index contributed by atoms with van der Waals surface area (Å²) in [7, 11) is -2.28. The van der Waals surface area contributed by atoms with Gasteiger partial charge in [0.25, 0.3) is 5.91 Å². The lowest BCUT2D eigenvalue weighted by Crippen LogP contribution is -2.41. The maximum Gasteiger partial charge on any atom is 0.328 e. The molecule has 1 fully saturated rings. The normalized spacial score (nSPS) is 15.4. The van der Waals surface area contributed by atoms with Gasteiger partial charge in [-0.25, -0.2) is 17.9 Å². The summed E-state index contributed by atoms with van der Waals surface area (Å²) in [6, 6.07) is 4.91. The molecule has 9 heteroatoms. The molecule has 25 heavy (non-hydrogen) atoms. The number of amides is 1. The minimum atomic E-state index is -3.55. The van der Waals surface area contributed by atoms with Crippen molar-refractivity contribution in [3.05, 3.63) is 29.8 Å². The Balaban J connectivity index is 2.04. The lowest BCUT2D eigenvalue weighted by atomic mass is 10.1. The molecule has 0 aromatic heterocycles. The van der Waals surface area contributed by atoms with Crippen LogP contribution >= 0.6 is 11.8 Å². The van der Waals surface area contributed by atoms with Gasteiger partial charge in [0.15, 0.2) is 0 Å². The maximum atomic E-state index is 12.3. The van der Waals surface area contributed by atoms with Crippen LogP contribution in [0.5, 0.6) is 0 Å². The van der Waals surface area contributed by atoms with E-state index < -0.39 is 27.9 Å². The molecule has 1 aliphatic carbocycles. The average Bonchev–Trinajstić information content (AvgIpc) is 3.41. The number of nitrogens with one attached hydrogen (secondary N) is 2. The van der Waals surface area contributed by atoms with Crippen molar-refractivity contribution >= 4 is 33.7 Å². The van der Waals surface area contributed by atoms with Crippen LogP contribution in [-0.4, -0.2) is 51.5 Å². The monoisotopic (exact) mass is 386 g/mol. The van der Waals surface area contributed by atoms with Gasteiger partial charge in [0, 0.05) is 11.6 Å². The van der Waals surface area contributed by atoms with Crippen molar-refractivity contribution in [2.24, 2.45) is 0 Å². The highest BCUT2D eigenvalue weighted by atomic mass is 32.2. The fourth-order valence-electron chi connectivity index (χ4n) is 2.14. The van der Waals surface area contributed by atoms with E-state index in [9.17, 15) is 18.0 Å². The number of benzene rings is 1. The zero-order valence-corrected chi connectivity index (χ0v) is 15.8.